The van der Waals surface area contributed by atoms with Crippen LogP contribution in [-0.2, 0) is 25.6 Å². The van der Waals surface area contributed by atoms with Crippen molar-refractivity contribution in [1.82, 2.24) is 10.2 Å². The second kappa shape index (κ2) is 6.86. The number of nitrogens with zero attached hydrogens (tertiary/aromatic N) is 2. The minimum absolute atomic E-state index is 0.170. The van der Waals surface area contributed by atoms with Crippen molar-refractivity contribution >= 4 is 23.2 Å². The van der Waals surface area contributed by atoms with Crippen LogP contribution in [0.3, 0.4) is 0 Å². The van der Waals surface area contributed by atoms with Gasteiger partial charge in [0.15, 0.2) is 5.79 Å². The lowest BCUT2D eigenvalue weighted by Crippen LogP contribution is -2.47. The van der Waals surface area contributed by atoms with Gasteiger partial charge in [0, 0.05) is 16.7 Å². The molecule has 1 spiro atoms. The number of carbonyl (C=O) groups excluding carboxylic acids is 2. The first-order valence-electron chi connectivity index (χ1n) is 7.59. The normalized spacial score (nSPS) is 21.8. The molecule has 2 fully saturated rings. The fourth-order valence-electron chi connectivity index (χ4n) is 2.98. The number of thiophene rings is 1. The number of ether oxygens (including phenoxy) is 2. The summed E-state index contributed by atoms with van der Waals surface area (Å²) in [6.07, 6.45) is 0.290. The smallest absolute Gasteiger partial charge is 0.243 e. The van der Waals surface area contributed by atoms with Crippen molar-refractivity contribution in [2.75, 3.05) is 26.3 Å². The second-order valence-electron chi connectivity index (χ2n) is 5.68. The Bertz CT molecular complexity index is 677. The summed E-state index contributed by atoms with van der Waals surface area (Å²) in [6.45, 7) is 1.24. The summed E-state index contributed by atoms with van der Waals surface area (Å²) in [7, 11) is 0. The molecule has 0 saturated carbocycles. The van der Waals surface area contributed by atoms with E-state index in [0.29, 0.717) is 31.7 Å². The highest BCUT2D eigenvalue weighted by Crippen LogP contribution is 2.34. The van der Waals surface area contributed by atoms with Crippen molar-refractivity contribution in [3.63, 3.8) is 0 Å². The molecule has 0 aromatic carbocycles. The molecular weight excluding hydrogens is 332 g/mol. The summed E-state index contributed by atoms with van der Waals surface area (Å²) in [5, 5.41) is 13.4. The Balaban J connectivity index is 1.66. The van der Waals surface area contributed by atoms with E-state index in [0.717, 1.165) is 4.88 Å². The molecule has 0 bridgehead atoms. The van der Waals surface area contributed by atoms with E-state index >= 15 is 0 Å². The van der Waals surface area contributed by atoms with Crippen LogP contribution in [0.5, 0.6) is 0 Å². The van der Waals surface area contributed by atoms with Gasteiger partial charge in [0.05, 0.1) is 38.4 Å². The van der Waals surface area contributed by atoms with Gasteiger partial charge in [0.25, 0.3) is 0 Å². The van der Waals surface area contributed by atoms with Gasteiger partial charge in [-0.15, -0.1) is 11.3 Å². The number of carbonyl (C=O) groups is 2. The molecule has 8 nitrogen and oxygen atoms in total. The first-order chi connectivity index (χ1) is 11.6. The molecule has 2 aliphatic heterocycles. The molecule has 0 aliphatic carbocycles. The summed E-state index contributed by atoms with van der Waals surface area (Å²) in [6, 6.07) is 3.11. The largest absolute Gasteiger partial charge is 0.349 e. The van der Waals surface area contributed by atoms with E-state index in [9.17, 15) is 9.59 Å². The van der Waals surface area contributed by atoms with E-state index in [1.807, 2.05) is 0 Å². The maximum Gasteiger partial charge on any atom is 0.243 e. The van der Waals surface area contributed by atoms with Gasteiger partial charge >= 0.3 is 0 Å². The van der Waals surface area contributed by atoms with Crippen LogP contribution in [0.1, 0.15) is 16.9 Å². The van der Waals surface area contributed by atoms with Gasteiger partial charge in [0.2, 0.25) is 11.8 Å². The van der Waals surface area contributed by atoms with E-state index in [1.54, 1.807) is 11.4 Å². The third-order valence-electron chi connectivity index (χ3n) is 4.12. The van der Waals surface area contributed by atoms with Crippen LogP contribution in [0.2, 0.25) is 0 Å². The highest BCUT2D eigenvalue weighted by molar-refractivity contribution is 7.10. The van der Waals surface area contributed by atoms with E-state index < -0.39 is 11.8 Å². The van der Waals surface area contributed by atoms with Crippen LogP contribution in [0.15, 0.2) is 11.4 Å². The van der Waals surface area contributed by atoms with Crippen molar-refractivity contribution in [3.05, 3.63) is 21.9 Å². The van der Waals surface area contributed by atoms with E-state index in [2.05, 4.69) is 11.4 Å². The number of nitriles is 1. The van der Waals surface area contributed by atoms with Gasteiger partial charge < -0.3 is 25.4 Å². The van der Waals surface area contributed by atoms with Gasteiger partial charge in [-0.25, -0.2) is 0 Å². The molecule has 2 aliphatic rings. The number of nitrogens with two attached hydrogens (primary N) is 1. The van der Waals surface area contributed by atoms with Crippen LogP contribution >= 0.6 is 11.3 Å². The zero-order valence-corrected chi connectivity index (χ0v) is 13.8. The van der Waals surface area contributed by atoms with Gasteiger partial charge in [-0.3, -0.25) is 9.59 Å². The van der Waals surface area contributed by atoms with Crippen LogP contribution in [0.25, 0.3) is 0 Å². The Hall–Kier alpha value is -1.99. The van der Waals surface area contributed by atoms with Gasteiger partial charge in [-0.1, -0.05) is 0 Å². The fourth-order valence-corrected chi connectivity index (χ4v) is 3.73. The topological polar surface area (TPSA) is 118 Å². The lowest BCUT2D eigenvalue weighted by molar-refractivity contribution is -0.151. The summed E-state index contributed by atoms with van der Waals surface area (Å²) in [5.41, 5.74) is 6.02. The predicted molar refractivity (Wildman–Crippen MR) is 84.7 cm³/mol. The molecule has 3 N–H and O–H groups in total. The molecule has 1 atom stereocenters. The summed E-state index contributed by atoms with van der Waals surface area (Å²) >= 11 is 1.40. The van der Waals surface area contributed by atoms with Crippen LogP contribution < -0.4 is 11.1 Å². The average Bonchev–Trinajstić information content (AvgIpc) is 3.32. The first-order valence-corrected chi connectivity index (χ1v) is 8.47. The Morgan fingerprint density at radius 1 is 1.50 bits per heavy atom. The molecule has 128 valence electrons. The van der Waals surface area contributed by atoms with Crippen molar-refractivity contribution in [3.8, 4) is 6.07 Å². The zero-order valence-electron chi connectivity index (χ0n) is 13.0. The number of hydrogen-bond donors (Lipinski definition) is 2. The van der Waals surface area contributed by atoms with Gasteiger partial charge in [-0.2, -0.15) is 5.26 Å². The third kappa shape index (κ3) is 3.27. The molecule has 1 aromatic rings. The lowest BCUT2D eigenvalue weighted by Gasteiger charge is -2.23. The highest BCUT2D eigenvalue weighted by Gasteiger charge is 2.52. The zero-order chi connectivity index (χ0) is 17.2. The first kappa shape index (κ1) is 16.9. The molecule has 24 heavy (non-hydrogen) atoms. The lowest BCUT2D eigenvalue weighted by atomic mass is 10.1. The Labute approximate surface area is 143 Å². The van der Waals surface area contributed by atoms with E-state index in [-0.39, 0.29) is 24.9 Å². The number of amides is 2. The number of hydrogen-bond acceptors (Lipinski definition) is 7. The van der Waals surface area contributed by atoms with Crippen LogP contribution in [0.4, 0.5) is 0 Å². The van der Waals surface area contributed by atoms with Crippen molar-refractivity contribution in [2.24, 2.45) is 5.73 Å². The molecule has 9 heteroatoms. The molecule has 3 heterocycles. The standard InChI is InChI=1S/C15H18N4O4S/c16-5-10-3-11(24-8-10)7-18-14(21)12-4-15(22-1-2-23-15)9-19(12)13(20)6-17/h3,8,12H,1-2,4,6-7,9,17H2,(H,18,21)/t12-/m0/s1. The Morgan fingerprint density at radius 3 is 2.88 bits per heavy atom. The van der Waals surface area contributed by atoms with E-state index in [4.69, 9.17) is 20.5 Å². The second-order valence-corrected chi connectivity index (χ2v) is 6.68. The van der Waals surface area contributed by atoms with E-state index in [1.165, 1.54) is 16.2 Å². The molecule has 2 amide bonds. The summed E-state index contributed by atoms with van der Waals surface area (Å²) < 4.78 is 11.2. The Kier molecular flexibility index (Phi) is 4.82. The number of rotatable bonds is 4. The maximum absolute atomic E-state index is 12.5. The highest BCUT2D eigenvalue weighted by atomic mass is 32.1. The predicted octanol–water partition coefficient (Wildman–Crippen LogP) is -0.461. The number of nitrogens with one attached hydrogen (secondary N) is 1. The van der Waals surface area contributed by atoms with Crippen molar-refractivity contribution < 1.29 is 19.1 Å². The van der Waals surface area contributed by atoms with Gasteiger partial charge in [-0.05, 0) is 6.07 Å². The SMILES string of the molecule is N#Cc1csc(CNC(=O)[C@@H]2CC3(CN2C(=O)CN)OCCO3)c1. The molecule has 2 saturated heterocycles. The quantitative estimate of drug-likeness (QED) is 0.759. The number of likely N-dealkylation sites (tertiary alicyclic amines) is 1. The molecular formula is C15H18N4O4S. The van der Waals surface area contributed by atoms with Crippen molar-refractivity contribution in [2.45, 2.75) is 24.8 Å². The average molecular weight is 350 g/mol. The summed E-state index contributed by atoms with van der Waals surface area (Å²) in [5.74, 6) is -1.49. The summed E-state index contributed by atoms with van der Waals surface area (Å²) in [4.78, 5) is 26.9. The van der Waals surface area contributed by atoms with Crippen LogP contribution in [-0.4, -0.2) is 54.8 Å². The fraction of sp³-hybridized carbons (Fsp3) is 0.533. The maximum atomic E-state index is 12.5. The molecule has 1 aromatic heterocycles. The monoisotopic (exact) mass is 350 g/mol. The third-order valence-corrected chi connectivity index (χ3v) is 5.06. The van der Waals surface area contributed by atoms with Crippen molar-refractivity contribution in [1.29, 1.82) is 5.26 Å². The molecule has 0 unspecified atom stereocenters. The van der Waals surface area contributed by atoms with Gasteiger partial charge in [0.1, 0.15) is 12.1 Å². The molecule has 3 rings (SSSR count). The minimum atomic E-state index is -0.899. The van der Waals surface area contributed by atoms with Crippen LogP contribution in [0, 0.1) is 11.3 Å². The molecule has 0 radical (unpaired) electrons. The Morgan fingerprint density at radius 2 is 2.25 bits per heavy atom. The minimum Gasteiger partial charge on any atom is -0.349 e.